The zero-order valence-corrected chi connectivity index (χ0v) is 14.2. The van der Waals surface area contributed by atoms with Gasteiger partial charge in [-0.05, 0) is 43.7 Å². The second-order valence-corrected chi connectivity index (χ2v) is 7.81. The molecule has 2 aromatic heterocycles. The molecule has 2 aliphatic rings. The van der Waals surface area contributed by atoms with Crippen LogP contribution >= 0.6 is 11.3 Å². The van der Waals surface area contributed by atoms with Gasteiger partial charge in [-0.3, -0.25) is 4.79 Å². The van der Waals surface area contributed by atoms with Gasteiger partial charge in [0.1, 0.15) is 9.71 Å². The highest BCUT2D eigenvalue weighted by atomic mass is 32.1. The van der Waals surface area contributed by atoms with Gasteiger partial charge in [-0.25, -0.2) is 4.98 Å². The summed E-state index contributed by atoms with van der Waals surface area (Å²) in [6.45, 7) is 0. The first-order valence-corrected chi connectivity index (χ1v) is 9.55. The number of pyridine rings is 1. The van der Waals surface area contributed by atoms with Crippen molar-refractivity contribution in [2.75, 3.05) is 5.73 Å². The van der Waals surface area contributed by atoms with Crippen LogP contribution in [0.15, 0.2) is 6.07 Å². The average molecular weight is 329 g/mol. The highest BCUT2D eigenvalue weighted by molar-refractivity contribution is 7.21. The summed E-state index contributed by atoms with van der Waals surface area (Å²) in [6, 6.07) is 2.45. The van der Waals surface area contributed by atoms with E-state index in [0.717, 1.165) is 35.9 Å². The first-order valence-electron chi connectivity index (χ1n) is 8.74. The van der Waals surface area contributed by atoms with Crippen molar-refractivity contribution < 1.29 is 4.79 Å². The van der Waals surface area contributed by atoms with Crippen molar-refractivity contribution in [3.8, 4) is 0 Å². The normalized spacial score (nSPS) is 18.8. The predicted molar refractivity (Wildman–Crippen MR) is 95.0 cm³/mol. The number of hydrogen-bond donors (Lipinski definition) is 2. The predicted octanol–water partition coefficient (Wildman–Crippen LogP) is 3.82. The highest BCUT2D eigenvalue weighted by Gasteiger charge is 2.23. The van der Waals surface area contributed by atoms with Crippen LogP contribution in [0.25, 0.3) is 10.2 Å². The van der Waals surface area contributed by atoms with E-state index in [2.05, 4.69) is 11.4 Å². The standard InChI is InChI=1S/C18H23N3OS/c19-15-13-10-11-6-5-9-14(11)21-18(13)23-16(15)17(22)20-12-7-3-1-2-4-8-12/h10,12H,1-9,19H2,(H,20,22). The number of thiophene rings is 1. The molecule has 3 N–H and O–H groups in total. The van der Waals surface area contributed by atoms with Gasteiger partial charge in [0.15, 0.2) is 0 Å². The third kappa shape index (κ3) is 2.82. The number of aryl methyl sites for hydroxylation is 2. The largest absolute Gasteiger partial charge is 0.397 e. The van der Waals surface area contributed by atoms with Crippen LogP contribution in [0, 0.1) is 0 Å². The molecule has 4 rings (SSSR count). The first-order chi connectivity index (χ1) is 11.2. The molecule has 0 unspecified atom stereocenters. The number of fused-ring (bicyclic) bond motifs is 2. The molecule has 0 bridgehead atoms. The SMILES string of the molecule is Nc1c(C(=O)NC2CCCCCC2)sc2nc3c(cc12)CCC3. The van der Waals surface area contributed by atoms with Gasteiger partial charge < -0.3 is 11.1 Å². The lowest BCUT2D eigenvalue weighted by molar-refractivity contribution is 0.0938. The van der Waals surface area contributed by atoms with E-state index in [9.17, 15) is 4.79 Å². The minimum absolute atomic E-state index is 0.0161. The molecular formula is C18H23N3OS. The number of nitrogen functional groups attached to an aromatic ring is 1. The number of nitrogens with one attached hydrogen (secondary N) is 1. The van der Waals surface area contributed by atoms with Crippen LogP contribution in [-0.4, -0.2) is 16.9 Å². The third-order valence-electron chi connectivity index (χ3n) is 5.15. The molecule has 23 heavy (non-hydrogen) atoms. The van der Waals surface area contributed by atoms with Crippen molar-refractivity contribution in [1.29, 1.82) is 0 Å². The molecule has 0 atom stereocenters. The molecule has 0 radical (unpaired) electrons. The topological polar surface area (TPSA) is 68.0 Å². The van der Waals surface area contributed by atoms with Gasteiger partial charge in [0, 0.05) is 17.1 Å². The number of carbonyl (C=O) groups is 1. The van der Waals surface area contributed by atoms with E-state index in [1.807, 2.05) is 0 Å². The van der Waals surface area contributed by atoms with Crippen molar-refractivity contribution in [3.05, 3.63) is 22.2 Å². The third-order valence-corrected chi connectivity index (χ3v) is 6.26. The van der Waals surface area contributed by atoms with Crippen molar-refractivity contribution >= 4 is 33.1 Å². The number of amides is 1. The molecule has 0 aliphatic heterocycles. The van der Waals surface area contributed by atoms with Gasteiger partial charge in [-0.2, -0.15) is 0 Å². The lowest BCUT2D eigenvalue weighted by Gasteiger charge is -2.15. The molecule has 1 amide bonds. The van der Waals surface area contributed by atoms with Crippen LogP contribution in [0.3, 0.4) is 0 Å². The molecule has 0 aromatic carbocycles. The summed E-state index contributed by atoms with van der Waals surface area (Å²) in [5.41, 5.74) is 9.38. The van der Waals surface area contributed by atoms with Crippen molar-refractivity contribution in [1.82, 2.24) is 10.3 Å². The number of carbonyl (C=O) groups excluding carboxylic acids is 1. The van der Waals surface area contributed by atoms with E-state index < -0.39 is 0 Å². The quantitative estimate of drug-likeness (QED) is 0.823. The van der Waals surface area contributed by atoms with Gasteiger partial charge in [-0.15, -0.1) is 11.3 Å². The Kier molecular flexibility index (Phi) is 3.97. The summed E-state index contributed by atoms with van der Waals surface area (Å²) >= 11 is 1.44. The monoisotopic (exact) mass is 329 g/mol. The smallest absolute Gasteiger partial charge is 0.263 e. The zero-order valence-electron chi connectivity index (χ0n) is 13.4. The molecule has 4 nitrogen and oxygen atoms in total. The van der Waals surface area contributed by atoms with E-state index >= 15 is 0 Å². The van der Waals surface area contributed by atoms with E-state index in [0.29, 0.717) is 16.6 Å². The van der Waals surface area contributed by atoms with Gasteiger partial charge in [0.2, 0.25) is 0 Å². The van der Waals surface area contributed by atoms with Crippen molar-refractivity contribution in [2.24, 2.45) is 0 Å². The molecule has 1 saturated carbocycles. The molecule has 0 spiro atoms. The highest BCUT2D eigenvalue weighted by Crippen LogP contribution is 2.35. The first kappa shape index (κ1) is 14.9. The summed E-state index contributed by atoms with van der Waals surface area (Å²) < 4.78 is 0. The number of hydrogen-bond acceptors (Lipinski definition) is 4. The summed E-state index contributed by atoms with van der Waals surface area (Å²) in [4.78, 5) is 19.0. The van der Waals surface area contributed by atoms with Crippen LogP contribution in [-0.2, 0) is 12.8 Å². The minimum Gasteiger partial charge on any atom is -0.397 e. The summed E-state index contributed by atoms with van der Waals surface area (Å²) in [5, 5.41) is 4.16. The lowest BCUT2D eigenvalue weighted by atomic mass is 10.1. The molecule has 5 heteroatoms. The minimum atomic E-state index is -0.0161. The van der Waals surface area contributed by atoms with Gasteiger partial charge in [0.25, 0.3) is 5.91 Å². The number of nitrogens with two attached hydrogens (primary N) is 1. The maximum Gasteiger partial charge on any atom is 0.263 e. The fourth-order valence-corrected chi connectivity index (χ4v) is 4.84. The Balaban J connectivity index is 1.60. The molecule has 2 aliphatic carbocycles. The molecule has 0 saturated heterocycles. The van der Waals surface area contributed by atoms with E-state index in [-0.39, 0.29) is 5.91 Å². The summed E-state index contributed by atoms with van der Waals surface area (Å²) in [7, 11) is 0. The van der Waals surface area contributed by atoms with Crippen LogP contribution in [0.1, 0.15) is 65.9 Å². The van der Waals surface area contributed by atoms with Crippen LogP contribution in [0.4, 0.5) is 5.69 Å². The Morgan fingerprint density at radius 1 is 1.17 bits per heavy atom. The van der Waals surface area contributed by atoms with Crippen LogP contribution < -0.4 is 11.1 Å². The van der Waals surface area contributed by atoms with E-state index in [1.165, 1.54) is 54.7 Å². The average Bonchev–Trinajstić information content (AvgIpc) is 3.02. The number of rotatable bonds is 2. The molecule has 1 fully saturated rings. The second-order valence-electron chi connectivity index (χ2n) is 6.81. The Morgan fingerprint density at radius 2 is 1.96 bits per heavy atom. The molecule has 2 heterocycles. The Morgan fingerprint density at radius 3 is 2.74 bits per heavy atom. The van der Waals surface area contributed by atoms with Crippen molar-refractivity contribution in [3.63, 3.8) is 0 Å². The Labute approximate surface area is 140 Å². The fraction of sp³-hybridized carbons (Fsp3) is 0.556. The van der Waals surface area contributed by atoms with Gasteiger partial charge >= 0.3 is 0 Å². The van der Waals surface area contributed by atoms with Crippen LogP contribution in [0.5, 0.6) is 0 Å². The number of anilines is 1. The molecular weight excluding hydrogens is 306 g/mol. The number of nitrogens with zero attached hydrogens (tertiary/aromatic N) is 1. The maximum absolute atomic E-state index is 12.7. The molecule has 2 aromatic rings. The lowest BCUT2D eigenvalue weighted by Crippen LogP contribution is -2.34. The maximum atomic E-state index is 12.7. The summed E-state index contributed by atoms with van der Waals surface area (Å²) in [6.07, 6.45) is 10.5. The van der Waals surface area contributed by atoms with E-state index in [1.54, 1.807) is 0 Å². The van der Waals surface area contributed by atoms with Gasteiger partial charge in [-0.1, -0.05) is 25.7 Å². The van der Waals surface area contributed by atoms with Gasteiger partial charge in [0.05, 0.1) is 5.69 Å². The van der Waals surface area contributed by atoms with Crippen LogP contribution in [0.2, 0.25) is 0 Å². The molecule has 122 valence electrons. The zero-order chi connectivity index (χ0) is 15.8. The Bertz CT molecular complexity index is 744. The Hall–Kier alpha value is -1.62. The number of aromatic nitrogens is 1. The summed E-state index contributed by atoms with van der Waals surface area (Å²) in [5.74, 6) is -0.0161. The second kappa shape index (κ2) is 6.11. The van der Waals surface area contributed by atoms with Crippen molar-refractivity contribution in [2.45, 2.75) is 63.8 Å². The van der Waals surface area contributed by atoms with E-state index in [4.69, 9.17) is 10.7 Å². The fourth-order valence-electron chi connectivity index (χ4n) is 3.84.